The van der Waals surface area contributed by atoms with Crippen LogP contribution in [0.25, 0.3) is 22.9 Å². The van der Waals surface area contributed by atoms with Crippen LogP contribution in [0.15, 0.2) is 75.2 Å². The molecule has 1 amide bonds. The molecular formula is C27H26N6O3S. The third kappa shape index (κ3) is 5.50. The summed E-state index contributed by atoms with van der Waals surface area (Å²) in [6, 6.07) is 15.1. The number of hydrogen-bond donors (Lipinski definition) is 1. The minimum Gasteiger partial charge on any atom is -0.445 e. The summed E-state index contributed by atoms with van der Waals surface area (Å²) in [5.41, 5.74) is 9.20. The number of carbonyl (C=O) groups excluding carboxylic acids is 1. The normalized spacial score (nSPS) is 12.9. The van der Waals surface area contributed by atoms with Gasteiger partial charge in [-0.25, -0.2) is 9.97 Å². The number of rotatable bonds is 8. The molecular weight excluding hydrogens is 488 g/mol. The molecule has 0 aliphatic heterocycles. The van der Waals surface area contributed by atoms with E-state index < -0.39 is 5.54 Å². The lowest BCUT2D eigenvalue weighted by Gasteiger charge is -2.20. The van der Waals surface area contributed by atoms with Gasteiger partial charge in [0.25, 0.3) is 5.91 Å². The van der Waals surface area contributed by atoms with Gasteiger partial charge in [-0.2, -0.15) is 0 Å². The fraction of sp³-hybridized carbons (Fsp3) is 0.222. The Kier molecular flexibility index (Phi) is 6.68. The van der Waals surface area contributed by atoms with Gasteiger partial charge in [-0.3, -0.25) is 4.79 Å². The van der Waals surface area contributed by atoms with Crippen molar-refractivity contribution < 1.29 is 13.6 Å². The maximum Gasteiger partial charge on any atom is 0.253 e. The van der Waals surface area contributed by atoms with Crippen LogP contribution >= 0.6 is 11.3 Å². The molecule has 5 aromatic rings. The van der Waals surface area contributed by atoms with Crippen LogP contribution in [0.3, 0.4) is 0 Å². The standard InChI is InChI=1S/C27H26N6O3S/c1-17-30-22(16-37-17)15-33(3)25(34)21-12-19(23-29-9-10-35-23)11-20(13-21)24-31-32-26(36-24)27(2,28)14-18-7-5-4-6-8-18/h4-13,16H,14-15,28H2,1-3H3. The van der Waals surface area contributed by atoms with Gasteiger partial charge in [-0.15, -0.1) is 21.5 Å². The molecule has 3 heterocycles. The number of amides is 1. The zero-order valence-corrected chi connectivity index (χ0v) is 21.5. The average Bonchev–Trinajstić information content (AvgIpc) is 3.66. The van der Waals surface area contributed by atoms with E-state index in [0.29, 0.717) is 41.4 Å². The predicted octanol–water partition coefficient (Wildman–Crippen LogP) is 4.85. The molecule has 0 spiro atoms. The van der Waals surface area contributed by atoms with E-state index in [-0.39, 0.29) is 11.8 Å². The van der Waals surface area contributed by atoms with Gasteiger partial charge in [0.05, 0.1) is 29.0 Å². The van der Waals surface area contributed by atoms with E-state index in [1.54, 1.807) is 47.7 Å². The highest BCUT2D eigenvalue weighted by atomic mass is 32.1. The first kappa shape index (κ1) is 24.5. The fourth-order valence-corrected chi connectivity index (χ4v) is 4.65. The molecule has 2 N–H and O–H groups in total. The van der Waals surface area contributed by atoms with Crippen LogP contribution in [-0.2, 0) is 18.5 Å². The Morgan fingerprint density at radius 3 is 2.54 bits per heavy atom. The summed E-state index contributed by atoms with van der Waals surface area (Å²) in [4.78, 5) is 23.7. The Morgan fingerprint density at radius 2 is 1.86 bits per heavy atom. The number of oxazole rings is 1. The summed E-state index contributed by atoms with van der Waals surface area (Å²) < 4.78 is 11.5. The number of nitrogens with zero attached hydrogens (tertiary/aromatic N) is 5. The molecule has 0 saturated carbocycles. The van der Waals surface area contributed by atoms with Crippen molar-refractivity contribution in [2.24, 2.45) is 5.73 Å². The first-order valence-corrected chi connectivity index (χ1v) is 12.5. The van der Waals surface area contributed by atoms with Crippen molar-refractivity contribution in [1.82, 2.24) is 25.1 Å². The molecule has 0 fully saturated rings. The maximum atomic E-state index is 13.4. The Hall–Kier alpha value is -4.15. The van der Waals surface area contributed by atoms with Gasteiger partial charge in [0.1, 0.15) is 6.26 Å². The third-order valence-electron chi connectivity index (χ3n) is 5.85. The van der Waals surface area contributed by atoms with E-state index in [4.69, 9.17) is 14.6 Å². The van der Waals surface area contributed by atoms with Gasteiger partial charge in [0.15, 0.2) is 0 Å². The minimum absolute atomic E-state index is 0.187. The van der Waals surface area contributed by atoms with E-state index >= 15 is 0 Å². The molecule has 9 nitrogen and oxygen atoms in total. The van der Waals surface area contributed by atoms with Crippen LogP contribution in [-0.4, -0.2) is 38.0 Å². The van der Waals surface area contributed by atoms with Crippen molar-refractivity contribution >= 4 is 17.2 Å². The Morgan fingerprint density at radius 1 is 1.11 bits per heavy atom. The fourth-order valence-electron chi connectivity index (χ4n) is 4.05. The van der Waals surface area contributed by atoms with E-state index in [9.17, 15) is 4.79 Å². The van der Waals surface area contributed by atoms with Gasteiger partial charge < -0.3 is 19.5 Å². The van der Waals surface area contributed by atoms with Crippen LogP contribution in [0.2, 0.25) is 0 Å². The lowest BCUT2D eigenvalue weighted by atomic mass is 9.94. The monoisotopic (exact) mass is 514 g/mol. The number of aromatic nitrogens is 4. The molecule has 188 valence electrons. The highest BCUT2D eigenvalue weighted by Crippen LogP contribution is 2.30. The molecule has 0 bridgehead atoms. The molecule has 1 unspecified atom stereocenters. The Labute approximate surface area is 218 Å². The number of nitrogens with two attached hydrogens (primary N) is 1. The number of benzene rings is 2. The highest BCUT2D eigenvalue weighted by Gasteiger charge is 2.29. The lowest BCUT2D eigenvalue weighted by Crippen LogP contribution is -2.35. The zero-order chi connectivity index (χ0) is 26.0. The number of aryl methyl sites for hydroxylation is 1. The summed E-state index contributed by atoms with van der Waals surface area (Å²) >= 11 is 1.55. The molecule has 10 heteroatoms. The van der Waals surface area contributed by atoms with Gasteiger partial charge >= 0.3 is 0 Å². The first-order chi connectivity index (χ1) is 17.8. The average molecular weight is 515 g/mol. The van der Waals surface area contributed by atoms with Gasteiger partial charge in [0, 0.05) is 29.1 Å². The minimum atomic E-state index is -0.878. The molecule has 1 atom stereocenters. The summed E-state index contributed by atoms with van der Waals surface area (Å²) in [5, 5.41) is 11.4. The van der Waals surface area contributed by atoms with Gasteiger partial charge in [-0.05, 0) is 44.0 Å². The molecule has 0 aliphatic rings. The second-order valence-electron chi connectivity index (χ2n) is 9.15. The number of hydrogen-bond acceptors (Lipinski definition) is 9. The van der Waals surface area contributed by atoms with Gasteiger partial charge in [0.2, 0.25) is 17.7 Å². The topological polar surface area (TPSA) is 124 Å². The van der Waals surface area contributed by atoms with E-state index in [2.05, 4.69) is 20.2 Å². The quantitative estimate of drug-likeness (QED) is 0.312. The summed E-state index contributed by atoms with van der Waals surface area (Å²) in [6.45, 7) is 4.18. The third-order valence-corrected chi connectivity index (χ3v) is 6.67. The lowest BCUT2D eigenvalue weighted by molar-refractivity contribution is 0.0783. The largest absolute Gasteiger partial charge is 0.445 e. The number of thiazole rings is 1. The Bertz CT molecular complexity index is 1510. The molecule has 0 radical (unpaired) electrons. The van der Waals surface area contributed by atoms with Crippen molar-refractivity contribution in [1.29, 1.82) is 0 Å². The Balaban J connectivity index is 1.47. The number of carbonyl (C=O) groups is 1. The molecule has 3 aromatic heterocycles. The highest BCUT2D eigenvalue weighted by molar-refractivity contribution is 7.09. The van der Waals surface area contributed by atoms with Crippen LogP contribution in [0.5, 0.6) is 0 Å². The smallest absolute Gasteiger partial charge is 0.253 e. The van der Waals surface area contributed by atoms with Gasteiger partial charge in [-0.1, -0.05) is 30.3 Å². The first-order valence-electron chi connectivity index (χ1n) is 11.7. The predicted molar refractivity (Wildman–Crippen MR) is 140 cm³/mol. The van der Waals surface area contributed by atoms with Crippen molar-refractivity contribution in [3.8, 4) is 22.9 Å². The van der Waals surface area contributed by atoms with Crippen LogP contribution in [0.4, 0.5) is 0 Å². The van der Waals surface area contributed by atoms with Crippen LogP contribution in [0, 0.1) is 6.92 Å². The van der Waals surface area contributed by atoms with Crippen molar-refractivity contribution in [3.05, 3.63) is 94.1 Å². The molecule has 5 rings (SSSR count). The second-order valence-corrected chi connectivity index (χ2v) is 10.2. The van der Waals surface area contributed by atoms with Crippen molar-refractivity contribution in [2.75, 3.05) is 7.05 Å². The molecule has 0 saturated heterocycles. The summed E-state index contributed by atoms with van der Waals surface area (Å²) in [7, 11) is 1.74. The van der Waals surface area contributed by atoms with Crippen molar-refractivity contribution in [3.63, 3.8) is 0 Å². The van der Waals surface area contributed by atoms with Crippen LogP contribution in [0.1, 0.15) is 39.4 Å². The molecule has 37 heavy (non-hydrogen) atoms. The SMILES string of the molecule is Cc1nc(CN(C)C(=O)c2cc(-c3ncco3)cc(-c3nnc(C(C)(N)Cc4ccccc4)o3)c2)cs1. The zero-order valence-electron chi connectivity index (χ0n) is 20.7. The van der Waals surface area contributed by atoms with E-state index in [1.165, 1.54) is 6.26 Å². The summed E-state index contributed by atoms with van der Waals surface area (Å²) in [5.74, 6) is 0.741. The van der Waals surface area contributed by atoms with Crippen LogP contribution < -0.4 is 5.73 Å². The van der Waals surface area contributed by atoms with E-state index in [1.807, 2.05) is 49.6 Å². The molecule has 2 aromatic carbocycles. The maximum absolute atomic E-state index is 13.4. The molecule has 0 aliphatic carbocycles. The van der Waals surface area contributed by atoms with Crippen molar-refractivity contribution in [2.45, 2.75) is 32.4 Å². The van der Waals surface area contributed by atoms with E-state index in [0.717, 1.165) is 16.3 Å². The second kappa shape index (κ2) is 10.1. The summed E-state index contributed by atoms with van der Waals surface area (Å²) in [6.07, 6.45) is 3.55.